The van der Waals surface area contributed by atoms with Gasteiger partial charge in [0.05, 0.1) is 13.2 Å². The van der Waals surface area contributed by atoms with Crippen molar-refractivity contribution in [3.8, 4) is 0 Å². The van der Waals surface area contributed by atoms with Gasteiger partial charge in [0.25, 0.3) is 0 Å². The summed E-state index contributed by atoms with van der Waals surface area (Å²) in [6.07, 6.45) is -0.117. The van der Waals surface area contributed by atoms with Crippen LogP contribution in [0.15, 0.2) is 24.3 Å². The van der Waals surface area contributed by atoms with Crippen molar-refractivity contribution < 1.29 is 14.3 Å². The highest BCUT2D eigenvalue weighted by molar-refractivity contribution is 6.03. The molecule has 0 radical (unpaired) electrons. The molecule has 1 aliphatic heterocycles. The van der Waals surface area contributed by atoms with Crippen molar-refractivity contribution in [3.63, 3.8) is 0 Å². The van der Waals surface area contributed by atoms with Gasteiger partial charge in [-0.05, 0) is 19.1 Å². The third-order valence-electron chi connectivity index (χ3n) is 3.01. The quantitative estimate of drug-likeness (QED) is 0.832. The average Bonchev–Trinajstić information content (AvgIpc) is 2.42. The Morgan fingerprint density at radius 2 is 1.84 bits per heavy atom. The second kappa shape index (κ2) is 6.33. The molecule has 5 heteroatoms. The van der Waals surface area contributed by atoms with Gasteiger partial charge in [0.15, 0.2) is 0 Å². The van der Waals surface area contributed by atoms with Gasteiger partial charge in [-0.25, -0.2) is 0 Å². The van der Waals surface area contributed by atoms with Crippen molar-refractivity contribution in [3.05, 3.63) is 29.8 Å². The van der Waals surface area contributed by atoms with Crippen LogP contribution in [0.4, 0.5) is 5.69 Å². The molecule has 0 bridgehead atoms. The van der Waals surface area contributed by atoms with Gasteiger partial charge in [-0.2, -0.15) is 0 Å². The number of carbonyl (C=O) groups is 2. The Bertz CT molecular complexity index is 450. The zero-order valence-corrected chi connectivity index (χ0v) is 11.0. The van der Waals surface area contributed by atoms with Crippen molar-refractivity contribution in [1.29, 1.82) is 0 Å². The number of anilines is 1. The number of ether oxygens (including phenoxy) is 1. The molecule has 1 saturated heterocycles. The van der Waals surface area contributed by atoms with Gasteiger partial charge < -0.3 is 15.0 Å². The molecule has 0 aromatic heterocycles. The van der Waals surface area contributed by atoms with Crippen LogP contribution >= 0.6 is 0 Å². The van der Waals surface area contributed by atoms with Crippen molar-refractivity contribution in [2.45, 2.75) is 13.3 Å². The average molecular weight is 262 g/mol. The number of hydrogen-bond acceptors (Lipinski definition) is 3. The summed E-state index contributed by atoms with van der Waals surface area (Å²) in [7, 11) is 0. The van der Waals surface area contributed by atoms with Crippen LogP contribution in [0, 0.1) is 6.92 Å². The fourth-order valence-electron chi connectivity index (χ4n) is 1.90. The second-order valence-corrected chi connectivity index (χ2v) is 4.58. The minimum atomic E-state index is -0.277. The molecular weight excluding hydrogens is 244 g/mol. The van der Waals surface area contributed by atoms with E-state index in [0.29, 0.717) is 32.0 Å². The highest BCUT2D eigenvalue weighted by Crippen LogP contribution is 2.09. The molecule has 0 spiro atoms. The van der Waals surface area contributed by atoms with E-state index in [1.807, 2.05) is 31.2 Å². The molecule has 5 nitrogen and oxygen atoms in total. The maximum absolute atomic E-state index is 11.9. The first-order chi connectivity index (χ1) is 9.15. The molecule has 1 fully saturated rings. The third kappa shape index (κ3) is 4.06. The number of benzene rings is 1. The number of amides is 2. The summed E-state index contributed by atoms with van der Waals surface area (Å²) in [4.78, 5) is 25.3. The van der Waals surface area contributed by atoms with Gasteiger partial charge in [-0.3, -0.25) is 9.59 Å². The summed E-state index contributed by atoms with van der Waals surface area (Å²) >= 11 is 0. The van der Waals surface area contributed by atoms with Crippen LogP contribution in [0.1, 0.15) is 12.0 Å². The highest BCUT2D eigenvalue weighted by Gasteiger charge is 2.19. The smallest absolute Gasteiger partial charge is 0.233 e. The van der Waals surface area contributed by atoms with Gasteiger partial charge in [0.2, 0.25) is 11.8 Å². The topological polar surface area (TPSA) is 58.6 Å². The molecule has 0 atom stereocenters. The van der Waals surface area contributed by atoms with Crippen LogP contribution in [-0.2, 0) is 14.3 Å². The summed E-state index contributed by atoms with van der Waals surface area (Å²) in [6, 6.07) is 7.48. The lowest BCUT2D eigenvalue weighted by molar-refractivity contribution is -0.138. The number of nitrogens with one attached hydrogen (secondary N) is 1. The van der Waals surface area contributed by atoms with Gasteiger partial charge in [-0.1, -0.05) is 17.7 Å². The van der Waals surface area contributed by atoms with E-state index in [0.717, 1.165) is 5.56 Å². The van der Waals surface area contributed by atoms with Crippen LogP contribution in [0.25, 0.3) is 0 Å². The number of nitrogens with zero attached hydrogens (tertiary/aromatic N) is 1. The predicted molar refractivity (Wildman–Crippen MR) is 71.8 cm³/mol. The Hall–Kier alpha value is -1.88. The normalized spacial score (nSPS) is 15.1. The molecule has 2 amide bonds. The molecule has 0 saturated carbocycles. The maximum Gasteiger partial charge on any atom is 0.233 e. The van der Waals surface area contributed by atoms with Crippen molar-refractivity contribution in [2.75, 3.05) is 31.6 Å². The van der Waals surface area contributed by atoms with E-state index in [1.165, 1.54) is 0 Å². The van der Waals surface area contributed by atoms with E-state index >= 15 is 0 Å². The van der Waals surface area contributed by atoms with Gasteiger partial charge in [0.1, 0.15) is 6.42 Å². The number of carbonyl (C=O) groups excluding carboxylic acids is 2. The fourth-order valence-corrected chi connectivity index (χ4v) is 1.90. The second-order valence-electron chi connectivity index (χ2n) is 4.58. The first-order valence-corrected chi connectivity index (χ1v) is 6.37. The Kier molecular flexibility index (Phi) is 4.52. The molecular formula is C14H18N2O3. The fraction of sp³-hybridized carbons (Fsp3) is 0.429. The lowest BCUT2D eigenvalue weighted by atomic mass is 10.2. The molecule has 1 N–H and O–H groups in total. The Morgan fingerprint density at radius 1 is 1.21 bits per heavy atom. The Balaban J connectivity index is 1.83. The largest absolute Gasteiger partial charge is 0.378 e. The monoisotopic (exact) mass is 262 g/mol. The van der Waals surface area contributed by atoms with Crippen molar-refractivity contribution in [2.24, 2.45) is 0 Å². The standard InChI is InChI=1S/C14H18N2O3/c1-11-2-4-12(5-3-11)15-13(17)10-14(18)16-6-8-19-9-7-16/h2-5H,6-10H2,1H3,(H,15,17). The lowest BCUT2D eigenvalue weighted by Gasteiger charge is -2.26. The first kappa shape index (κ1) is 13.5. The van der Waals surface area contributed by atoms with Crippen molar-refractivity contribution in [1.82, 2.24) is 4.90 Å². The summed E-state index contributed by atoms with van der Waals surface area (Å²) in [6.45, 7) is 4.21. The maximum atomic E-state index is 11.9. The van der Waals surface area contributed by atoms with Gasteiger partial charge in [0, 0.05) is 18.8 Å². The van der Waals surface area contributed by atoms with E-state index < -0.39 is 0 Å². The Morgan fingerprint density at radius 3 is 2.47 bits per heavy atom. The van der Waals surface area contributed by atoms with E-state index in [2.05, 4.69) is 5.32 Å². The zero-order chi connectivity index (χ0) is 13.7. The van der Waals surface area contributed by atoms with Crippen LogP contribution in [0.5, 0.6) is 0 Å². The molecule has 19 heavy (non-hydrogen) atoms. The lowest BCUT2D eigenvalue weighted by Crippen LogP contribution is -2.41. The molecule has 2 rings (SSSR count). The molecule has 1 aliphatic rings. The Labute approximate surface area is 112 Å². The summed E-state index contributed by atoms with van der Waals surface area (Å²) in [5, 5.41) is 2.72. The molecule has 1 heterocycles. The summed E-state index contributed by atoms with van der Waals surface area (Å²) in [5.41, 5.74) is 1.84. The predicted octanol–water partition coefficient (Wildman–Crippen LogP) is 1.18. The van der Waals surface area contributed by atoms with E-state index in [-0.39, 0.29) is 18.2 Å². The van der Waals surface area contributed by atoms with Crippen LogP contribution in [0.3, 0.4) is 0 Å². The summed E-state index contributed by atoms with van der Waals surface area (Å²) < 4.78 is 5.17. The molecule has 0 aliphatic carbocycles. The van der Waals surface area contributed by atoms with Gasteiger partial charge in [-0.15, -0.1) is 0 Å². The molecule has 0 unspecified atom stereocenters. The molecule has 102 valence electrons. The van der Waals surface area contributed by atoms with Crippen LogP contribution in [-0.4, -0.2) is 43.0 Å². The first-order valence-electron chi connectivity index (χ1n) is 6.37. The van der Waals surface area contributed by atoms with E-state index in [1.54, 1.807) is 4.90 Å². The molecule has 1 aromatic carbocycles. The summed E-state index contributed by atoms with van der Waals surface area (Å²) in [5.74, 6) is -0.423. The van der Waals surface area contributed by atoms with Crippen LogP contribution in [0.2, 0.25) is 0 Å². The van der Waals surface area contributed by atoms with Gasteiger partial charge >= 0.3 is 0 Å². The minimum Gasteiger partial charge on any atom is -0.378 e. The third-order valence-corrected chi connectivity index (χ3v) is 3.01. The van der Waals surface area contributed by atoms with E-state index in [4.69, 9.17) is 4.74 Å². The zero-order valence-electron chi connectivity index (χ0n) is 11.0. The SMILES string of the molecule is Cc1ccc(NC(=O)CC(=O)N2CCOCC2)cc1. The number of hydrogen-bond donors (Lipinski definition) is 1. The molecule has 1 aromatic rings. The number of morpholine rings is 1. The van der Waals surface area contributed by atoms with Crippen molar-refractivity contribution >= 4 is 17.5 Å². The number of rotatable bonds is 3. The van der Waals surface area contributed by atoms with E-state index in [9.17, 15) is 9.59 Å². The minimum absolute atomic E-state index is 0.117. The highest BCUT2D eigenvalue weighted by atomic mass is 16.5. The van der Waals surface area contributed by atoms with Crippen LogP contribution < -0.4 is 5.32 Å². The number of aryl methyl sites for hydroxylation is 1.